The minimum absolute atomic E-state index is 0.136. The molecular formula is C15H18F3NO3. The number of amides is 1. The molecule has 0 aromatic heterocycles. The Morgan fingerprint density at radius 2 is 2.00 bits per heavy atom. The zero-order valence-corrected chi connectivity index (χ0v) is 12.2. The van der Waals surface area contributed by atoms with Gasteiger partial charge in [0.25, 0.3) is 0 Å². The highest BCUT2D eigenvalue weighted by molar-refractivity contribution is 5.78. The SMILES string of the molecule is CCOC(=O)CCCNC(=O)Cc1cccc(C(F)(F)F)c1. The molecule has 122 valence electrons. The number of hydrogen-bond acceptors (Lipinski definition) is 3. The van der Waals surface area contributed by atoms with E-state index in [1.54, 1.807) is 6.92 Å². The van der Waals surface area contributed by atoms with Gasteiger partial charge in [-0.2, -0.15) is 13.2 Å². The van der Waals surface area contributed by atoms with Crippen molar-refractivity contribution in [2.75, 3.05) is 13.2 Å². The second-order valence-corrected chi connectivity index (χ2v) is 4.63. The summed E-state index contributed by atoms with van der Waals surface area (Å²) in [5, 5.41) is 2.56. The summed E-state index contributed by atoms with van der Waals surface area (Å²) in [4.78, 5) is 22.7. The van der Waals surface area contributed by atoms with Crippen LogP contribution in [0, 0.1) is 0 Å². The highest BCUT2D eigenvalue weighted by Crippen LogP contribution is 2.29. The summed E-state index contributed by atoms with van der Waals surface area (Å²) in [7, 11) is 0. The predicted octanol–water partition coefficient (Wildman–Crippen LogP) is 2.71. The molecule has 0 saturated heterocycles. The molecule has 0 aliphatic heterocycles. The number of halogens is 3. The van der Waals surface area contributed by atoms with Gasteiger partial charge in [-0.05, 0) is 25.0 Å². The van der Waals surface area contributed by atoms with E-state index >= 15 is 0 Å². The van der Waals surface area contributed by atoms with Crippen LogP contribution in [-0.2, 0) is 26.9 Å². The molecule has 0 aliphatic carbocycles. The summed E-state index contributed by atoms with van der Waals surface area (Å²) in [6.45, 7) is 2.28. The van der Waals surface area contributed by atoms with Gasteiger partial charge in [0.1, 0.15) is 0 Å². The van der Waals surface area contributed by atoms with E-state index in [1.165, 1.54) is 12.1 Å². The van der Waals surface area contributed by atoms with Gasteiger partial charge >= 0.3 is 12.1 Å². The van der Waals surface area contributed by atoms with E-state index in [2.05, 4.69) is 5.32 Å². The third-order valence-corrected chi connectivity index (χ3v) is 2.80. The fraction of sp³-hybridized carbons (Fsp3) is 0.467. The molecule has 0 spiro atoms. The van der Waals surface area contributed by atoms with Crippen LogP contribution in [0.1, 0.15) is 30.9 Å². The van der Waals surface area contributed by atoms with Crippen LogP contribution in [0.2, 0.25) is 0 Å². The van der Waals surface area contributed by atoms with Crippen molar-refractivity contribution in [3.63, 3.8) is 0 Å². The number of carbonyl (C=O) groups is 2. The molecule has 0 fully saturated rings. The Labute approximate surface area is 126 Å². The van der Waals surface area contributed by atoms with Gasteiger partial charge in [-0.15, -0.1) is 0 Å². The maximum Gasteiger partial charge on any atom is 0.416 e. The molecule has 7 heteroatoms. The van der Waals surface area contributed by atoms with Gasteiger partial charge in [0.15, 0.2) is 0 Å². The minimum Gasteiger partial charge on any atom is -0.466 e. The first-order valence-corrected chi connectivity index (χ1v) is 6.91. The van der Waals surface area contributed by atoms with E-state index in [4.69, 9.17) is 4.74 Å². The summed E-state index contributed by atoms with van der Waals surface area (Å²) in [5.41, 5.74) is -0.488. The highest BCUT2D eigenvalue weighted by Gasteiger charge is 2.30. The first kappa shape index (κ1) is 18.0. The minimum atomic E-state index is -4.42. The lowest BCUT2D eigenvalue weighted by molar-refractivity contribution is -0.143. The van der Waals surface area contributed by atoms with E-state index in [0.29, 0.717) is 13.0 Å². The Morgan fingerprint density at radius 1 is 1.27 bits per heavy atom. The van der Waals surface area contributed by atoms with Crippen molar-refractivity contribution in [2.24, 2.45) is 0 Å². The predicted molar refractivity (Wildman–Crippen MR) is 74.0 cm³/mol. The van der Waals surface area contributed by atoms with Crippen LogP contribution in [-0.4, -0.2) is 25.0 Å². The third-order valence-electron chi connectivity index (χ3n) is 2.80. The summed E-state index contributed by atoms with van der Waals surface area (Å²) in [6.07, 6.45) is -3.94. The van der Waals surface area contributed by atoms with E-state index in [9.17, 15) is 22.8 Å². The first-order valence-electron chi connectivity index (χ1n) is 6.91. The van der Waals surface area contributed by atoms with Gasteiger partial charge in [-0.1, -0.05) is 18.2 Å². The fourth-order valence-electron chi connectivity index (χ4n) is 1.80. The number of nitrogens with one attached hydrogen (secondary N) is 1. The van der Waals surface area contributed by atoms with Crippen LogP contribution in [0.15, 0.2) is 24.3 Å². The lowest BCUT2D eigenvalue weighted by Gasteiger charge is -2.09. The first-order chi connectivity index (χ1) is 10.3. The quantitative estimate of drug-likeness (QED) is 0.621. The normalized spacial score (nSPS) is 11.1. The summed E-state index contributed by atoms with van der Waals surface area (Å²) in [6, 6.07) is 4.65. The number of ether oxygens (including phenoxy) is 1. The smallest absolute Gasteiger partial charge is 0.416 e. The van der Waals surface area contributed by atoms with Crippen LogP contribution in [0.25, 0.3) is 0 Å². The number of alkyl halides is 3. The van der Waals surface area contributed by atoms with Crippen molar-refractivity contribution >= 4 is 11.9 Å². The van der Waals surface area contributed by atoms with E-state index in [-0.39, 0.29) is 36.8 Å². The number of carbonyl (C=O) groups excluding carboxylic acids is 2. The molecule has 0 atom stereocenters. The number of esters is 1. The lowest BCUT2D eigenvalue weighted by Crippen LogP contribution is -2.26. The van der Waals surface area contributed by atoms with Crippen molar-refractivity contribution in [1.82, 2.24) is 5.32 Å². The monoisotopic (exact) mass is 317 g/mol. The molecule has 1 aromatic rings. The van der Waals surface area contributed by atoms with Gasteiger partial charge in [-0.3, -0.25) is 9.59 Å². The van der Waals surface area contributed by atoms with E-state index in [0.717, 1.165) is 12.1 Å². The van der Waals surface area contributed by atoms with E-state index < -0.39 is 11.7 Å². The molecule has 1 rings (SSSR count). The van der Waals surface area contributed by atoms with Crippen LogP contribution >= 0.6 is 0 Å². The Hall–Kier alpha value is -2.05. The molecule has 0 saturated carbocycles. The van der Waals surface area contributed by atoms with Gasteiger partial charge < -0.3 is 10.1 Å². The molecule has 0 heterocycles. The van der Waals surface area contributed by atoms with Crippen LogP contribution < -0.4 is 5.32 Å². The second-order valence-electron chi connectivity index (χ2n) is 4.63. The molecule has 0 bridgehead atoms. The topological polar surface area (TPSA) is 55.4 Å². The second kappa shape index (κ2) is 8.41. The third kappa shape index (κ3) is 6.60. The zero-order chi connectivity index (χ0) is 16.6. The van der Waals surface area contributed by atoms with Crippen LogP contribution in [0.3, 0.4) is 0 Å². The molecular weight excluding hydrogens is 299 g/mol. The number of rotatable bonds is 7. The van der Waals surface area contributed by atoms with Crippen molar-refractivity contribution < 1.29 is 27.5 Å². The largest absolute Gasteiger partial charge is 0.466 e. The summed E-state index contributed by atoms with van der Waals surface area (Å²) >= 11 is 0. The summed E-state index contributed by atoms with van der Waals surface area (Å²) in [5.74, 6) is -0.724. The van der Waals surface area contributed by atoms with Crippen LogP contribution in [0.4, 0.5) is 13.2 Å². The van der Waals surface area contributed by atoms with Crippen molar-refractivity contribution in [3.05, 3.63) is 35.4 Å². The zero-order valence-electron chi connectivity index (χ0n) is 12.2. The molecule has 1 amide bonds. The average molecular weight is 317 g/mol. The van der Waals surface area contributed by atoms with Crippen molar-refractivity contribution in [3.8, 4) is 0 Å². The van der Waals surface area contributed by atoms with Crippen molar-refractivity contribution in [1.29, 1.82) is 0 Å². The molecule has 0 radical (unpaired) electrons. The standard InChI is InChI=1S/C15H18F3NO3/c1-2-22-14(21)7-4-8-19-13(20)10-11-5-3-6-12(9-11)15(16,17)18/h3,5-6,9H,2,4,7-8,10H2,1H3,(H,19,20). The molecule has 0 aliphatic rings. The Kier molecular flexibility index (Phi) is 6.88. The Morgan fingerprint density at radius 3 is 2.64 bits per heavy atom. The molecule has 1 N–H and O–H groups in total. The van der Waals surface area contributed by atoms with Gasteiger partial charge in [0.05, 0.1) is 18.6 Å². The number of benzene rings is 1. The maximum atomic E-state index is 12.5. The fourth-order valence-corrected chi connectivity index (χ4v) is 1.80. The molecule has 1 aromatic carbocycles. The summed E-state index contributed by atoms with van der Waals surface area (Å²) < 4.78 is 42.4. The van der Waals surface area contributed by atoms with E-state index in [1.807, 2.05) is 0 Å². The molecule has 4 nitrogen and oxygen atoms in total. The number of hydrogen-bond donors (Lipinski definition) is 1. The highest BCUT2D eigenvalue weighted by atomic mass is 19.4. The van der Waals surface area contributed by atoms with Gasteiger partial charge in [0, 0.05) is 13.0 Å². The Balaban J connectivity index is 2.38. The molecule has 0 unspecified atom stereocenters. The Bertz CT molecular complexity index is 515. The lowest BCUT2D eigenvalue weighted by atomic mass is 10.1. The maximum absolute atomic E-state index is 12.5. The molecule has 22 heavy (non-hydrogen) atoms. The van der Waals surface area contributed by atoms with Crippen molar-refractivity contribution in [2.45, 2.75) is 32.4 Å². The van der Waals surface area contributed by atoms with Crippen LogP contribution in [0.5, 0.6) is 0 Å². The van der Waals surface area contributed by atoms with Gasteiger partial charge in [-0.25, -0.2) is 0 Å². The van der Waals surface area contributed by atoms with Gasteiger partial charge in [0.2, 0.25) is 5.91 Å². The average Bonchev–Trinajstić information content (AvgIpc) is 2.43.